The number of rotatable bonds is 9. The molecule has 0 spiro atoms. The zero-order valence-corrected chi connectivity index (χ0v) is 20.6. The summed E-state index contributed by atoms with van der Waals surface area (Å²) in [6.45, 7) is 5.88. The number of carbonyl (C=O) groups is 1. The monoisotopic (exact) mass is 489 g/mol. The molecule has 1 N–H and O–H groups in total. The van der Waals surface area contributed by atoms with E-state index >= 15 is 0 Å². The van der Waals surface area contributed by atoms with Crippen molar-refractivity contribution in [1.82, 2.24) is 10.2 Å². The van der Waals surface area contributed by atoms with Crippen molar-refractivity contribution in [3.8, 4) is 11.5 Å². The molecular formula is C23H24ClN3O3S2. The number of hydrogen-bond donors (Lipinski definition) is 1. The molecule has 1 aromatic heterocycles. The Balaban J connectivity index is 1.58. The Labute approximate surface area is 201 Å². The van der Waals surface area contributed by atoms with Crippen molar-refractivity contribution in [1.29, 1.82) is 0 Å². The van der Waals surface area contributed by atoms with Crippen LogP contribution in [0.3, 0.4) is 0 Å². The molecule has 0 fully saturated rings. The Kier molecular flexibility index (Phi) is 8.55. The Morgan fingerprint density at radius 2 is 2.00 bits per heavy atom. The maximum atomic E-state index is 12.3. The van der Waals surface area contributed by atoms with Gasteiger partial charge in [-0.2, -0.15) is 0 Å². The van der Waals surface area contributed by atoms with Crippen molar-refractivity contribution in [2.24, 2.45) is 0 Å². The molecule has 0 aliphatic carbocycles. The number of amides is 1. The van der Waals surface area contributed by atoms with Gasteiger partial charge in [0.15, 0.2) is 15.8 Å². The van der Waals surface area contributed by atoms with Gasteiger partial charge in [0, 0.05) is 11.8 Å². The standard InChI is InChI=1S/C23H24ClN3O3S2/c1-14(2)30-21-18(24)11-17(12-19(21)29-4)9-10-20(28)25-22-26-27-23(32-22)31-13-16-7-5-15(3)6-8-16/h5-12,14H,13H2,1-4H3,(H,25,26,28)/b10-9+. The van der Waals surface area contributed by atoms with Gasteiger partial charge >= 0.3 is 0 Å². The fraction of sp³-hybridized carbons (Fsp3) is 0.261. The van der Waals surface area contributed by atoms with Gasteiger partial charge in [-0.1, -0.05) is 64.5 Å². The third-order valence-corrected chi connectivity index (χ3v) is 6.48. The maximum absolute atomic E-state index is 12.3. The number of aryl methyl sites for hydroxylation is 1. The molecule has 3 aromatic rings. The molecule has 0 bridgehead atoms. The molecular weight excluding hydrogens is 466 g/mol. The SMILES string of the molecule is COc1cc(/C=C/C(=O)Nc2nnc(SCc3ccc(C)cc3)s2)cc(Cl)c1OC(C)C. The first-order valence-corrected chi connectivity index (χ1v) is 12.1. The zero-order chi connectivity index (χ0) is 23.1. The minimum atomic E-state index is -0.311. The molecule has 9 heteroatoms. The summed E-state index contributed by atoms with van der Waals surface area (Å²) in [5.74, 6) is 1.47. The number of nitrogens with one attached hydrogen (secondary N) is 1. The van der Waals surface area contributed by atoms with Crippen LogP contribution >= 0.6 is 34.7 Å². The highest BCUT2D eigenvalue weighted by Gasteiger charge is 2.13. The van der Waals surface area contributed by atoms with Gasteiger partial charge in [-0.25, -0.2) is 0 Å². The van der Waals surface area contributed by atoms with Crippen molar-refractivity contribution < 1.29 is 14.3 Å². The van der Waals surface area contributed by atoms with E-state index < -0.39 is 0 Å². The van der Waals surface area contributed by atoms with Gasteiger partial charge < -0.3 is 9.47 Å². The fourth-order valence-corrected chi connectivity index (χ4v) is 4.63. The highest BCUT2D eigenvalue weighted by molar-refractivity contribution is 8.00. The Bertz CT molecular complexity index is 1100. The lowest BCUT2D eigenvalue weighted by Crippen LogP contribution is -2.08. The normalized spacial score (nSPS) is 11.2. The van der Waals surface area contributed by atoms with Crippen LogP contribution in [0.5, 0.6) is 11.5 Å². The highest BCUT2D eigenvalue weighted by atomic mass is 35.5. The third-order valence-electron chi connectivity index (χ3n) is 4.15. The molecule has 0 radical (unpaired) electrons. The summed E-state index contributed by atoms with van der Waals surface area (Å²) in [5, 5.41) is 11.8. The van der Waals surface area contributed by atoms with Crippen molar-refractivity contribution in [2.75, 3.05) is 12.4 Å². The van der Waals surface area contributed by atoms with Crippen LogP contribution in [-0.2, 0) is 10.5 Å². The number of ether oxygens (including phenoxy) is 2. The lowest BCUT2D eigenvalue weighted by molar-refractivity contribution is -0.111. The van der Waals surface area contributed by atoms with Crippen LogP contribution in [0.15, 0.2) is 46.8 Å². The number of hydrogen-bond acceptors (Lipinski definition) is 7. The second kappa shape index (κ2) is 11.4. The van der Waals surface area contributed by atoms with E-state index in [4.69, 9.17) is 21.1 Å². The summed E-state index contributed by atoms with van der Waals surface area (Å²) in [4.78, 5) is 12.3. The average molecular weight is 490 g/mol. The van der Waals surface area contributed by atoms with Crippen molar-refractivity contribution in [3.63, 3.8) is 0 Å². The van der Waals surface area contributed by atoms with Crippen LogP contribution in [-0.4, -0.2) is 29.3 Å². The molecule has 0 aliphatic rings. The first kappa shape index (κ1) is 24.1. The lowest BCUT2D eigenvalue weighted by atomic mass is 10.2. The van der Waals surface area contributed by atoms with Gasteiger partial charge in [0.05, 0.1) is 18.2 Å². The molecule has 2 aromatic carbocycles. The molecule has 1 heterocycles. The Morgan fingerprint density at radius 1 is 1.25 bits per heavy atom. The second-order valence-electron chi connectivity index (χ2n) is 7.17. The van der Waals surface area contributed by atoms with Crippen LogP contribution in [0.2, 0.25) is 5.02 Å². The molecule has 6 nitrogen and oxygen atoms in total. The van der Waals surface area contributed by atoms with Gasteiger partial charge in [0.2, 0.25) is 11.0 Å². The molecule has 0 atom stereocenters. The number of methoxy groups -OCH3 is 1. The number of carbonyl (C=O) groups excluding carboxylic acids is 1. The quantitative estimate of drug-likeness (QED) is 0.218. The largest absolute Gasteiger partial charge is 0.493 e. The average Bonchev–Trinajstić information content (AvgIpc) is 3.20. The molecule has 0 aliphatic heterocycles. The topological polar surface area (TPSA) is 73.3 Å². The summed E-state index contributed by atoms with van der Waals surface area (Å²) < 4.78 is 11.9. The van der Waals surface area contributed by atoms with Crippen LogP contribution in [0.4, 0.5) is 5.13 Å². The second-order valence-corrected chi connectivity index (χ2v) is 9.78. The molecule has 1 amide bonds. The molecule has 0 unspecified atom stereocenters. The molecule has 168 valence electrons. The molecule has 32 heavy (non-hydrogen) atoms. The summed E-state index contributed by atoms with van der Waals surface area (Å²) in [5.41, 5.74) is 3.15. The summed E-state index contributed by atoms with van der Waals surface area (Å²) in [6, 6.07) is 11.8. The van der Waals surface area contributed by atoms with Gasteiger partial charge in [-0.15, -0.1) is 10.2 Å². The zero-order valence-electron chi connectivity index (χ0n) is 18.2. The lowest BCUT2D eigenvalue weighted by Gasteiger charge is -2.15. The Morgan fingerprint density at radius 3 is 2.69 bits per heavy atom. The fourth-order valence-electron chi connectivity index (χ4n) is 2.65. The molecule has 0 saturated heterocycles. The van der Waals surface area contributed by atoms with E-state index in [0.717, 1.165) is 10.1 Å². The predicted octanol–water partition coefficient (Wildman–Crippen LogP) is 6.24. The van der Waals surface area contributed by atoms with E-state index in [1.54, 1.807) is 37.1 Å². The van der Waals surface area contributed by atoms with Gasteiger partial charge in [-0.3, -0.25) is 10.1 Å². The van der Waals surface area contributed by atoms with E-state index in [-0.39, 0.29) is 12.0 Å². The smallest absolute Gasteiger partial charge is 0.250 e. The summed E-state index contributed by atoms with van der Waals surface area (Å²) >= 11 is 9.25. The van der Waals surface area contributed by atoms with Gasteiger partial charge in [0.1, 0.15) is 0 Å². The number of nitrogens with zero attached hydrogens (tertiary/aromatic N) is 2. The first-order chi connectivity index (χ1) is 15.3. The van der Waals surface area contributed by atoms with Crippen LogP contribution in [0.25, 0.3) is 6.08 Å². The minimum absolute atomic E-state index is 0.0413. The predicted molar refractivity (Wildman–Crippen MR) is 132 cm³/mol. The minimum Gasteiger partial charge on any atom is -0.493 e. The number of aromatic nitrogens is 2. The van der Waals surface area contributed by atoms with Crippen molar-refractivity contribution in [3.05, 3.63) is 64.2 Å². The number of thioether (sulfide) groups is 1. The summed E-state index contributed by atoms with van der Waals surface area (Å²) in [7, 11) is 1.54. The first-order valence-electron chi connectivity index (χ1n) is 9.89. The third kappa shape index (κ3) is 6.98. The van der Waals surface area contributed by atoms with E-state index in [1.165, 1.54) is 28.5 Å². The number of benzene rings is 2. The summed E-state index contributed by atoms with van der Waals surface area (Å²) in [6.07, 6.45) is 3.02. The number of anilines is 1. The van der Waals surface area contributed by atoms with Crippen LogP contribution < -0.4 is 14.8 Å². The van der Waals surface area contributed by atoms with Crippen molar-refractivity contribution >= 4 is 51.8 Å². The van der Waals surface area contributed by atoms with E-state index in [0.29, 0.717) is 27.2 Å². The maximum Gasteiger partial charge on any atom is 0.250 e. The van der Waals surface area contributed by atoms with E-state index in [2.05, 4.69) is 46.7 Å². The van der Waals surface area contributed by atoms with Gasteiger partial charge in [0.25, 0.3) is 0 Å². The van der Waals surface area contributed by atoms with Crippen molar-refractivity contribution in [2.45, 2.75) is 37.0 Å². The van der Waals surface area contributed by atoms with Gasteiger partial charge in [-0.05, 0) is 50.1 Å². The number of halogens is 1. The highest BCUT2D eigenvalue weighted by Crippen LogP contribution is 2.37. The van der Waals surface area contributed by atoms with Crippen LogP contribution in [0.1, 0.15) is 30.5 Å². The van der Waals surface area contributed by atoms with E-state index in [1.807, 2.05) is 13.8 Å². The Hall–Kier alpha value is -2.55. The van der Waals surface area contributed by atoms with E-state index in [9.17, 15) is 4.79 Å². The molecule has 3 rings (SSSR count). The van der Waals surface area contributed by atoms with Crippen LogP contribution in [0, 0.1) is 6.92 Å². The molecule has 0 saturated carbocycles.